The van der Waals surface area contributed by atoms with Crippen molar-refractivity contribution in [2.24, 2.45) is 0 Å². The zero-order chi connectivity index (χ0) is 9.10. The first kappa shape index (κ1) is 7.92. The average Bonchev–Trinajstić information content (AvgIpc) is 2.20. The Kier molecular flexibility index (Phi) is 2.04. The SMILES string of the molecule is Cc1ccccc1-c1cccnn1. The number of aromatic nitrogens is 2. The van der Waals surface area contributed by atoms with E-state index in [2.05, 4.69) is 29.3 Å². The van der Waals surface area contributed by atoms with Crippen LogP contribution < -0.4 is 0 Å². The van der Waals surface area contributed by atoms with E-state index < -0.39 is 0 Å². The molecule has 2 rings (SSSR count). The van der Waals surface area contributed by atoms with Crippen molar-refractivity contribution in [3.8, 4) is 11.3 Å². The van der Waals surface area contributed by atoms with Gasteiger partial charge in [-0.25, -0.2) is 0 Å². The highest BCUT2D eigenvalue weighted by Gasteiger charge is 2.00. The lowest BCUT2D eigenvalue weighted by molar-refractivity contribution is 1.04. The number of nitrogens with zero attached hydrogens (tertiary/aromatic N) is 2. The van der Waals surface area contributed by atoms with Gasteiger partial charge in [0.1, 0.15) is 0 Å². The Morgan fingerprint density at radius 3 is 2.54 bits per heavy atom. The maximum absolute atomic E-state index is 4.06. The summed E-state index contributed by atoms with van der Waals surface area (Å²) in [5.74, 6) is 0. The van der Waals surface area contributed by atoms with E-state index >= 15 is 0 Å². The molecule has 0 bridgehead atoms. The number of aryl methyl sites for hydroxylation is 1. The summed E-state index contributed by atoms with van der Waals surface area (Å²) in [6.07, 6.45) is 1.68. The number of rotatable bonds is 1. The Balaban J connectivity index is 2.54. The topological polar surface area (TPSA) is 25.8 Å². The van der Waals surface area contributed by atoms with Gasteiger partial charge in [-0.15, -0.1) is 0 Å². The highest BCUT2D eigenvalue weighted by atomic mass is 15.1. The van der Waals surface area contributed by atoms with Gasteiger partial charge in [0, 0.05) is 11.8 Å². The van der Waals surface area contributed by atoms with Crippen LogP contribution in [0.3, 0.4) is 0 Å². The molecule has 0 spiro atoms. The molecule has 0 fully saturated rings. The van der Waals surface area contributed by atoms with Crippen LogP contribution in [-0.4, -0.2) is 10.2 Å². The highest BCUT2D eigenvalue weighted by Crippen LogP contribution is 2.19. The smallest absolute Gasteiger partial charge is 0.0932 e. The Bertz CT molecular complexity index is 396. The summed E-state index contributed by atoms with van der Waals surface area (Å²) in [7, 11) is 0. The largest absolute Gasteiger partial charge is 0.159 e. The molecule has 1 heterocycles. The van der Waals surface area contributed by atoms with Gasteiger partial charge in [0.25, 0.3) is 0 Å². The van der Waals surface area contributed by atoms with Crippen LogP contribution >= 0.6 is 0 Å². The first-order valence-corrected chi connectivity index (χ1v) is 4.21. The fraction of sp³-hybridized carbons (Fsp3) is 0.0909. The van der Waals surface area contributed by atoms with Crippen molar-refractivity contribution in [1.82, 2.24) is 10.2 Å². The van der Waals surface area contributed by atoms with E-state index in [4.69, 9.17) is 0 Å². The molecule has 2 nitrogen and oxygen atoms in total. The molecule has 0 unspecified atom stereocenters. The van der Waals surface area contributed by atoms with Crippen LogP contribution in [0.4, 0.5) is 0 Å². The average molecular weight is 170 g/mol. The zero-order valence-corrected chi connectivity index (χ0v) is 7.44. The van der Waals surface area contributed by atoms with E-state index in [-0.39, 0.29) is 0 Å². The van der Waals surface area contributed by atoms with Crippen LogP contribution in [0, 0.1) is 6.92 Å². The highest BCUT2D eigenvalue weighted by molar-refractivity contribution is 5.62. The van der Waals surface area contributed by atoms with E-state index in [1.54, 1.807) is 6.20 Å². The van der Waals surface area contributed by atoms with E-state index in [0.29, 0.717) is 0 Å². The molecule has 13 heavy (non-hydrogen) atoms. The molecular weight excluding hydrogens is 160 g/mol. The van der Waals surface area contributed by atoms with Crippen molar-refractivity contribution in [2.45, 2.75) is 6.92 Å². The van der Waals surface area contributed by atoms with E-state index in [0.717, 1.165) is 11.3 Å². The van der Waals surface area contributed by atoms with Crippen LogP contribution in [0.15, 0.2) is 42.6 Å². The van der Waals surface area contributed by atoms with Crippen LogP contribution in [0.2, 0.25) is 0 Å². The van der Waals surface area contributed by atoms with E-state index in [1.165, 1.54) is 5.56 Å². The maximum atomic E-state index is 4.06. The van der Waals surface area contributed by atoms with Crippen LogP contribution in [0.25, 0.3) is 11.3 Å². The predicted molar refractivity (Wildman–Crippen MR) is 52.2 cm³/mol. The fourth-order valence-electron chi connectivity index (χ4n) is 1.31. The lowest BCUT2D eigenvalue weighted by atomic mass is 10.1. The molecule has 0 aliphatic carbocycles. The minimum atomic E-state index is 0.931. The quantitative estimate of drug-likeness (QED) is 0.657. The zero-order valence-electron chi connectivity index (χ0n) is 7.44. The summed E-state index contributed by atoms with van der Waals surface area (Å²) in [6.45, 7) is 2.07. The van der Waals surface area contributed by atoms with Crippen LogP contribution in [0.1, 0.15) is 5.56 Å². The molecule has 0 amide bonds. The molecule has 2 heteroatoms. The molecule has 0 aliphatic heterocycles. The standard InChI is InChI=1S/C11H10N2/c1-9-5-2-3-6-10(9)11-7-4-8-12-13-11/h2-8H,1H3. The van der Waals surface area contributed by atoms with Gasteiger partial charge in [0.05, 0.1) is 5.69 Å². The lowest BCUT2D eigenvalue weighted by Crippen LogP contribution is -1.87. The first-order valence-electron chi connectivity index (χ1n) is 4.21. The van der Waals surface area contributed by atoms with Crippen LogP contribution in [0.5, 0.6) is 0 Å². The Hall–Kier alpha value is -1.70. The number of hydrogen-bond donors (Lipinski definition) is 0. The van der Waals surface area contributed by atoms with Gasteiger partial charge < -0.3 is 0 Å². The third-order valence-electron chi connectivity index (χ3n) is 1.99. The summed E-state index contributed by atoms with van der Waals surface area (Å²) >= 11 is 0. The van der Waals surface area contributed by atoms with Crippen molar-refractivity contribution in [2.75, 3.05) is 0 Å². The summed E-state index contributed by atoms with van der Waals surface area (Å²) < 4.78 is 0. The maximum Gasteiger partial charge on any atom is 0.0932 e. The predicted octanol–water partition coefficient (Wildman–Crippen LogP) is 2.45. The molecule has 0 atom stereocenters. The second-order valence-corrected chi connectivity index (χ2v) is 2.92. The Morgan fingerprint density at radius 1 is 1.00 bits per heavy atom. The molecule has 0 saturated carbocycles. The third-order valence-corrected chi connectivity index (χ3v) is 1.99. The Morgan fingerprint density at radius 2 is 1.85 bits per heavy atom. The molecule has 0 radical (unpaired) electrons. The molecule has 64 valence electrons. The molecule has 0 saturated heterocycles. The normalized spacial score (nSPS) is 9.92. The second kappa shape index (κ2) is 3.35. The minimum absolute atomic E-state index is 0.931. The van der Waals surface area contributed by atoms with Gasteiger partial charge in [-0.1, -0.05) is 24.3 Å². The molecule has 0 aliphatic rings. The summed E-state index contributed by atoms with van der Waals surface area (Å²) in [5.41, 5.74) is 3.30. The van der Waals surface area contributed by atoms with Crippen molar-refractivity contribution in [1.29, 1.82) is 0 Å². The molecule has 2 aromatic rings. The van der Waals surface area contributed by atoms with Crippen molar-refractivity contribution < 1.29 is 0 Å². The number of benzene rings is 1. The lowest BCUT2D eigenvalue weighted by Gasteiger charge is -2.02. The molecule has 1 aromatic carbocycles. The van der Waals surface area contributed by atoms with Gasteiger partial charge in [0.15, 0.2) is 0 Å². The molecule has 1 aromatic heterocycles. The third kappa shape index (κ3) is 1.56. The number of hydrogen-bond acceptors (Lipinski definition) is 2. The monoisotopic (exact) mass is 170 g/mol. The van der Waals surface area contributed by atoms with Gasteiger partial charge in [0.2, 0.25) is 0 Å². The summed E-state index contributed by atoms with van der Waals surface area (Å²) in [5, 5.41) is 7.91. The van der Waals surface area contributed by atoms with Gasteiger partial charge in [-0.3, -0.25) is 0 Å². The minimum Gasteiger partial charge on any atom is -0.159 e. The molecule has 0 N–H and O–H groups in total. The fourth-order valence-corrected chi connectivity index (χ4v) is 1.31. The van der Waals surface area contributed by atoms with Crippen molar-refractivity contribution >= 4 is 0 Å². The Labute approximate surface area is 77.3 Å². The van der Waals surface area contributed by atoms with E-state index in [1.807, 2.05) is 24.3 Å². The van der Waals surface area contributed by atoms with Crippen molar-refractivity contribution in [3.05, 3.63) is 48.2 Å². The summed E-state index contributed by atoms with van der Waals surface area (Å²) in [4.78, 5) is 0. The summed E-state index contributed by atoms with van der Waals surface area (Å²) in [6, 6.07) is 12.0. The van der Waals surface area contributed by atoms with Gasteiger partial charge in [-0.2, -0.15) is 10.2 Å². The van der Waals surface area contributed by atoms with Crippen molar-refractivity contribution in [3.63, 3.8) is 0 Å². The van der Waals surface area contributed by atoms with Gasteiger partial charge >= 0.3 is 0 Å². The first-order chi connectivity index (χ1) is 6.38. The van der Waals surface area contributed by atoms with E-state index in [9.17, 15) is 0 Å². The molecular formula is C11H10N2. The van der Waals surface area contributed by atoms with Gasteiger partial charge in [-0.05, 0) is 24.6 Å². The second-order valence-electron chi connectivity index (χ2n) is 2.92. The van der Waals surface area contributed by atoms with Crippen LogP contribution in [-0.2, 0) is 0 Å².